The van der Waals surface area contributed by atoms with Gasteiger partial charge in [0.25, 0.3) is 0 Å². The molecule has 18 heavy (non-hydrogen) atoms. The molecule has 0 aliphatic rings. The van der Waals surface area contributed by atoms with E-state index in [1.54, 1.807) is 11.3 Å². The van der Waals surface area contributed by atoms with Crippen molar-refractivity contribution in [2.24, 2.45) is 5.73 Å². The first-order valence-electron chi connectivity index (χ1n) is 5.72. The smallest absolute Gasteiger partial charge is 0.146 e. The highest BCUT2D eigenvalue weighted by atomic mass is 79.9. The summed E-state index contributed by atoms with van der Waals surface area (Å²) in [5.41, 5.74) is 6.74. The highest BCUT2D eigenvalue weighted by Gasteiger charge is 2.20. The Kier molecular flexibility index (Phi) is 4.69. The third kappa shape index (κ3) is 3.07. The summed E-state index contributed by atoms with van der Waals surface area (Å²) in [6, 6.07) is 11.7. The van der Waals surface area contributed by atoms with Gasteiger partial charge in [-0.25, -0.2) is 0 Å². The Labute approximate surface area is 119 Å². The molecular formula is C14H14BrNOS. The minimum Gasteiger partial charge on any atom is -0.329 e. The summed E-state index contributed by atoms with van der Waals surface area (Å²) >= 11 is 5.04. The van der Waals surface area contributed by atoms with Crippen LogP contribution in [-0.4, -0.2) is 12.3 Å². The van der Waals surface area contributed by atoms with E-state index >= 15 is 0 Å². The Hall–Kier alpha value is -0.970. The maximum atomic E-state index is 12.3. The molecule has 0 radical (unpaired) electrons. The minimum absolute atomic E-state index is 0.173. The maximum absolute atomic E-state index is 12.3. The van der Waals surface area contributed by atoms with E-state index in [1.807, 2.05) is 41.8 Å². The number of hydrogen-bond donors (Lipinski definition) is 1. The molecule has 1 atom stereocenters. The van der Waals surface area contributed by atoms with E-state index < -0.39 is 0 Å². The van der Waals surface area contributed by atoms with Gasteiger partial charge in [0.1, 0.15) is 5.78 Å². The van der Waals surface area contributed by atoms with E-state index in [2.05, 4.69) is 15.9 Å². The van der Waals surface area contributed by atoms with Crippen LogP contribution in [0.3, 0.4) is 0 Å². The summed E-state index contributed by atoms with van der Waals surface area (Å²) in [7, 11) is 0. The number of benzene rings is 1. The molecule has 2 aromatic rings. The SMILES string of the molecule is NCC(C(=O)Cc1sccc1Br)c1ccccc1. The molecule has 0 amide bonds. The van der Waals surface area contributed by atoms with Crippen molar-refractivity contribution < 1.29 is 4.79 Å². The first-order chi connectivity index (χ1) is 8.72. The molecule has 4 heteroatoms. The van der Waals surface area contributed by atoms with E-state index in [4.69, 9.17) is 5.73 Å². The van der Waals surface area contributed by atoms with Crippen molar-refractivity contribution in [3.05, 3.63) is 56.7 Å². The molecule has 0 bridgehead atoms. The predicted molar refractivity (Wildman–Crippen MR) is 79.0 cm³/mol. The zero-order valence-electron chi connectivity index (χ0n) is 9.80. The van der Waals surface area contributed by atoms with Gasteiger partial charge in [0.05, 0.1) is 5.92 Å². The zero-order chi connectivity index (χ0) is 13.0. The third-order valence-electron chi connectivity index (χ3n) is 2.85. The van der Waals surface area contributed by atoms with E-state index in [-0.39, 0.29) is 11.7 Å². The number of carbonyl (C=O) groups is 1. The summed E-state index contributed by atoms with van der Waals surface area (Å²) in [5, 5.41) is 1.98. The zero-order valence-corrected chi connectivity index (χ0v) is 12.2. The Balaban J connectivity index is 2.14. The van der Waals surface area contributed by atoms with Crippen molar-refractivity contribution in [3.63, 3.8) is 0 Å². The van der Waals surface area contributed by atoms with Crippen molar-refractivity contribution in [2.75, 3.05) is 6.54 Å². The van der Waals surface area contributed by atoms with Crippen molar-refractivity contribution >= 4 is 33.0 Å². The fourth-order valence-electron chi connectivity index (χ4n) is 1.87. The van der Waals surface area contributed by atoms with E-state index in [0.29, 0.717) is 13.0 Å². The second-order valence-electron chi connectivity index (χ2n) is 4.03. The Morgan fingerprint density at radius 2 is 2.00 bits per heavy atom. The standard InChI is InChI=1S/C14H14BrNOS/c15-12-6-7-18-14(12)8-13(17)11(9-16)10-4-2-1-3-5-10/h1-7,11H,8-9,16H2. The summed E-state index contributed by atoms with van der Waals surface area (Å²) in [5.74, 6) is -0.0351. The van der Waals surface area contributed by atoms with Crippen molar-refractivity contribution in [3.8, 4) is 0 Å². The molecule has 0 aliphatic carbocycles. The van der Waals surface area contributed by atoms with E-state index in [1.165, 1.54) is 0 Å². The van der Waals surface area contributed by atoms with Gasteiger partial charge in [0.2, 0.25) is 0 Å². The topological polar surface area (TPSA) is 43.1 Å². The average molecular weight is 324 g/mol. The number of nitrogens with two attached hydrogens (primary N) is 1. The largest absolute Gasteiger partial charge is 0.329 e. The monoisotopic (exact) mass is 323 g/mol. The minimum atomic E-state index is -0.208. The molecule has 2 rings (SSSR count). The van der Waals surface area contributed by atoms with Crippen LogP contribution in [-0.2, 0) is 11.2 Å². The summed E-state index contributed by atoms with van der Waals surface area (Å²) in [4.78, 5) is 13.4. The van der Waals surface area contributed by atoms with Crippen LogP contribution in [0.15, 0.2) is 46.3 Å². The van der Waals surface area contributed by atoms with Crippen LogP contribution in [0.25, 0.3) is 0 Å². The second kappa shape index (κ2) is 6.27. The lowest BCUT2D eigenvalue weighted by Gasteiger charge is -2.13. The average Bonchev–Trinajstić information content (AvgIpc) is 2.77. The van der Waals surface area contributed by atoms with E-state index in [9.17, 15) is 4.79 Å². The van der Waals surface area contributed by atoms with Crippen molar-refractivity contribution in [1.82, 2.24) is 0 Å². The van der Waals surface area contributed by atoms with Gasteiger partial charge < -0.3 is 5.73 Å². The van der Waals surface area contributed by atoms with Crippen molar-refractivity contribution in [1.29, 1.82) is 0 Å². The van der Waals surface area contributed by atoms with Crippen LogP contribution in [0, 0.1) is 0 Å². The Morgan fingerprint density at radius 3 is 2.56 bits per heavy atom. The molecule has 0 fully saturated rings. The molecular weight excluding hydrogens is 310 g/mol. The van der Waals surface area contributed by atoms with Crippen LogP contribution in [0.2, 0.25) is 0 Å². The number of rotatable bonds is 5. The second-order valence-corrected chi connectivity index (χ2v) is 5.89. The van der Waals surface area contributed by atoms with E-state index in [0.717, 1.165) is 14.9 Å². The summed E-state index contributed by atoms with van der Waals surface area (Å²) in [6.07, 6.45) is 0.439. The molecule has 2 nitrogen and oxygen atoms in total. The Bertz CT molecular complexity index is 524. The van der Waals surface area contributed by atoms with Gasteiger partial charge in [0.15, 0.2) is 0 Å². The number of ketones is 1. The number of Topliss-reactive ketones (excluding diaryl/α,β-unsaturated/α-hetero) is 1. The van der Waals surface area contributed by atoms with Crippen LogP contribution >= 0.6 is 27.3 Å². The lowest BCUT2D eigenvalue weighted by atomic mass is 9.93. The van der Waals surface area contributed by atoms with Gasteiger partial charge in [-0.05, 0) is 32.9 Å². The molecule has 0 aliphatic heterocycles. The highest BCUT2D eigenvalue weighted by molar-refractivity contribution is 9.10. The van der Waals surface area contributed by atoms with Crippen LogP contribution in [0.4, 0.5) is 0 Å². The quantitative estimate of drug-likeness (QED) is 0.916. The molecule has 0 saturated heterocycles. The highest BCUT2D eigenvalue weighted by Crippen LogP contribution is 2.26. The van der Waals surface area contributed by atoms with Crippen LogP contribution in [0.5, 0.6) is 0 Å². The van der Waals surface area contributed by atoms with Crippen LogP contribution in [0.1, 0.15) is 16.4 Å². The molecule has 1 aromatic carbocycles. The van der Waals surface area contributed by atoms with Gasteiger partial charge in [-0.2, -0.15) is 0 Å². The first-order valence-corrected chi connectivity index (χ1v) is 7.39. The van der Waals surface area contributed by atoms with Gasteiger partial charge >= 0.3 is 0 Å². The molecule has 1 unspecified atom stereocenters. The lowest BCUT2D eigenvalue weighted by Crippen LogP contribution is -2.23. The lowest BCUT2D eigenvalue weighted by molar-refractivity contribution is -0.119. The molecule has 0 saturated carbocycles. The number of halogens is 1. The number of carbonyl (C=O) groups excluding carboxylic acids is 1. The fraction of sp³-hybridized carbons (Fsp3) is 0.214. The normalized spacial score (nSPS) is 12.3. The predicted octanol–water partition coefficient (Wildman–Crippen LogP) is 3.36. The molecule has 2 N–H and O–H groups in total. The third-order valence-corrected chi connectivity index (χ3v) is 4.78. The van der Waals surface area contributed by atoms with Gasteiger partial charge in [-0.1, -0.05) is 30.3 Å². The first kappa shape index (κ1) is 13.5. The van der Waals surface area contributed by atoms with Crippen molar-refractivity contribution in [2.45, 2.75) is 12.3 Å². The summed E-state index contributed by atoms with van der Waals surface area (Å²) in [6.45, 7) is 0.353. The number of hydrogen-bond acceptors (Lipinski definition) is 3. The molecule has 1 aromatic heterocycles. The molecule has 94 valence electrons. The van der Waals surface area contributed by atoms with Gasteiger partial charge in [-0.3, -0.25) is 4.79 Å². The van der Waals surface area contributed by atoms with Crippen LogP contribution < -0.4 is 5.73 Å². The Morgan fingerprint density at radius 1 is 1.28 bits per heavy atom. The maximum Gasteiger partial charge on any atom is 0.146 e. The molecule has 1 heterocycles. The van der Waals surface area contributed by atoms with Gasteiger partial charge in [0, 0.05) is 22.3 Å². The van der Waals surface area contributed by atoms with Gasteiger partial charge in [-0.15, -0.1) is 11.3 Å². The number of thiophene rings is 1. The fourth-order valence-corrected chi connectivity index (χ4v) is 3.37. The summed E-state index contributed by atoms with van der Waals surface area (Å²) < 4.78 is 1.00. The molecule has 0 spiro atoms.